The van der Waals surface area contributed by atoms with Crippen molar-refractivity contribution in [3.8, 4) is 0 Å². The summed E-state index contributed by atoms with van der Waals surface area (Å²) in [6.07, 6.45) is 6.34. The number of carbonyl (C=O) groups excluding carboxylic acids is 1. The van der Waals surface area contributed by atoms with Gasteiger partial charge in [-0.15, -0.1) is 0 Å². The van der Waals surface area contributed by atoms with E-state index in [0.29, 0.717) is 18.1 Å². The number of hydrogen-bond donors (Lipinski definition) is 1. The molecule has 0 unspecified atom stereocenters. The Morgan fingerprint density at radius 3 is 2.63 bits per heavy atom. The molecule has 2 aromatic rings. The van der Waals surface area contributed by atoms with Crippen molar-refractivity contribution in [2.24, 2.45) is 0 Å². The zero-order valence-electron chi connectivity index (χ0n) is 10.9. The molecule has 98 valence electrons. The molecular formula is C13H15N5O. The van der Waals surface area contributed by atoms with Crippen molar-refractivity contribution < 1.29 is 4.79 Å². The molecule has 0 aliphatic rings. The predicted octanol–water partition coefficient (Wildman–Crippen LogP) is 1.58. The maximum Gasteiger partial charge on any atom is 0.278 e. The second kappa shape index (κ2) is 5.90. The topological polar surface area (TPSA) is 71.0 Å². The third-order valence-corrected chi connectivity index (χ3v) is 2.65. The van der Waals surface area contributed by atoms with Crippen LogP contribution in [-0.2, 0) is 0 Å². The highest BCUT2D eigenvalue weighted by Crippen LogP contribution is 2.15. The molecule has 0 fully saturated rings. The standard InChI is InChI=1S/C13H15N5O/c1-3-18(10-4-6-15-7-5-10)13(19)11-8-16-9-12(14-2)17-11/h4-9H,3H2,1-2H3,(H,14,17). The minimum absolute atomic E-state index is 0.182. The summed E-state index contributed by atoms with van der Waals surface area (Å²) in [5.74, 6) is 0.384. The fourth-order valence-electron chi connectivity index (χ4n) is 1.70. The molecule has 0 aliphatic carbocycles. The van der Waals surface area contributed by atoms with E-state index in [4.69, 9.17) is 0 Å². The van der Waals surface area contributed by atoms with Crippen molar-refractivity contribution in [3.05, 3.63) is 42.6 Å². The predicted molar refractivity (Wildman–Crippen MR) is 73.2 cm³/mol. The molecule has 2 aromatic heterocycles. The van der Waals surface area contributed by atoms with Gasteiger partial charge in [-0.2, -0.15) is 0 Å². The van der Waals surface area contributed by atoms with Crippen LogP contribution in [0.2, 0.25) is 0 Å². The summed E-state index contributed by atoms with van der Waals surface area (Å²) in [7, 11) is 1.73. The Morgan fingerprint density at radius 1 is 1.26 bits per heavy atom. The molecule has 6 heteroatoms. The lowest BCUT2D eigenvalue weighted by molar-refractivity contribution is 0.0983. The molecule has 0 saturated heterocycles. The minimum Gasteiger partial charge on any atom is -0.372 e. The molecule has 0 saturated carbocycles. The molecule has 1 amide bonds. The molecule has 0 aliphatic heterocycles. The highest BCUT2D eigenvalue weighted by molar-refractivity contribution is 6.04. The summed E-state index contributed by atoms with van der Waals surface area (Å²) in [5, 5.41) is 2.86. The average Bonchev–Trinajstić information content (AvgIpc) is 2.49. The van der Waals surface area contributed by atoms with Crippen LogP contribution in [0.1, 0.15) is 17.4 Å². The molecular weight excluding hydrogens is 242 g/mol. The number of aromatic nitrogens is 3. The fourth-order valence-corrected chi connectivity index (χ4v) is 1.70. The van der Waals surface area contributed by atoms with Crippen LogP contribution in [0.4, 0.5) is 11.5 Å². The maximum atomic E-state index is 12.4. The summed E-state index contributed by atoms with van der Waals surface area (Å²) in [6.45, 7) is 2.46. The van der Waals surface area contributed by atoms with Gasteiger partial charge in [0, 0.05) is 31.7 Å². The molecule has 2 heterocycles. The Bertz CT molecular complexity index is 558. The second-order valence-corrected chi connectivity index (χ2v) is 3.79. The maximum absolute atomic E-state index is 12.4. The first kappa shape index (κ1) is 12.9. The van der Waals surface area contributed by atoms with Crippen molar-refractivity contribution in [1.82, 2.24) is 15.0 Å². The van der Waals surface area contributed by atoms with Gasteiger partial charge in [0.15, 0.2) is 0 Å². The summed E-state index contributed by atoms with van der Waals surface area (Å²) >= 11 is 0. The van der Waals surface area contributed by atoms with Crippen LogP contribution >= 0.6 is 0 Å². The van der Waals surface area contributed by atoms with E-state index in [0.717, 1.165) is 5.69 Å². The van der Waals surface area contributed by atoms with E-state index in [2.05, 4.69) is 20.3 Å². The Hall–Kier alpha value is -2.50. The summed E-state index contributed by atoms with van der Waals surface area (Å²) in [4.78, 5) is 26.2. The normalized spacial score (nSPS) is 10.0. The number of anilines is 2. The van der Waals surface area contributed by atoms with Crippen LogP contribution in [0.5, 0.6) is 0 Å². The van der Waals surface area contributed by atoms with Gasteiger partial charge in [0.25, 0.3) is 5.91 Å². The van der Waals surface area contributed by atoms with Crippen LogP contribution in [-0.4, -0.2) is 34.5 Å². The van der Waals surface area contributed by atoms with Gasteiger partial charge in [0.1, 0.15) is 11.5 Å². The van der Waals surface area contributed by atoms with Gasteiger partial charge in [-0.05, 0) is 19.1 Å². The second-order valence-electron chi connectivity index (χ2n) is 3.79. The first-order valence-corrected chi connectivity index (χ1v) is 5.98. The monoisotopic (exact) mass is 257 g/mol. The zero-order chi connectivity index (χ0) is 13.7. The number of rotatable bonds is 4. The Balaban J connectivity index is 2.30. The summed E-state index contributed by atoms with van der Waals surface area (Å²) in [5.41, 5.74) is 1.10. The molecule has 6 nitrogen and oxygen atoms in total. The number of nitrogens with zero attached hydrogens (tertiary/aromatic N) is 4. The molecule has 2 rings (SSSR count). The zero-order valence-corrected chi connectivity index (χ0v) is 10.9. The van der Waals surface area contributed by atoms with Gasteiger partial charge in [0.05, 0.1) is 12.4 Å². The fraction of sp³-hybridized carbons (Fsp3) is 0.231. The van der Waals surface area contributed by atoms with Crippen LogP contribution in [0, 0.1) is 0 Å². The summed E-state index contributed by atoms with van der Waals surface area (Å²) < 4.78 is 0. The lowest BCUT2D eigenvalue weighted by Gasteiger charge is -2.20. The van der Waals surface area contributed by atoms with E-state index >= 15 is 0 Å². The third kappa shape index (κ3) is 2.85. The number of carbonyl (C=O) groups is 1. The van der Waals surface area contributed by atoms with Gasteiger partial charge in [-0.3, -0.25) is 14.8 Å². The van der Waals surface area contributed by atoms with Crippen molar-refractivity contribution in [1.29, 1.82) is 0 Å². The van der Waals surface area contributed by atoms with Crippen LogP contribution in [0.15, 0.2) is 36.9 Å². The number of amides is 1. The Labute approximate surface area is 111 Å². The third-order valence-electron chi connectivity index (χ3n) is 2.65. The van der Waals surface area contributed by atoms with E-state index in [9.17, 15) is 4.79 Å². The smallest absolute Gasteiger partial charge is 0.278 e. The molecule has 0 bridgehead atoms. The Morgan fingerprint density at radius 2 is 2.00 bits per heavy atom. The van der Waals surface area contributed by atoms with Crippen molar-refractivity contribution in [3.63, 3.8) is 0 Å². The molecule has 0 atom stereocenters. The van der Waals surface area contributed by atoms with Crippen molar-refractivity contribution in [2.45, 2.75) is 6.92 Å². The molecule has 0 aromatic carbocycles. The van der Waals surface area contributed by atoms with Gasteiger partial charge in [-0.1, -0.05) is 0 Å². The SMILES string of the molecule is CCN(C(=O)c1cncc(NC)n1)c1ccncc1. The van der Waals surface area contributed by atoms with Gasteiger partial charge >= 0.3 is 0 Å². The van der Waals surface area contributed by atoms with Crippen molar-refractivity contribution in [2.75, 3.05) is 23.8 Å². The number of hydrogen-bond acceptors (Lipinski definition) is 5. The molecule has 0 radical (unpaired) electrons. The number of pyridine rings is 1. The summed E-state index contributed by atoms with van der Waals surface area (Å²) in [6, 6.07) is 3.58. The van der Waals surface area contributed by atoms with Crippen molar-refractivity contribution >= 4 is 17.4 Å². The van der Waals surface area contributed by atoms with E-state index in [-0.39, 0.29) is 5.91 Å². The van der Waals surface area contributed by atoms with E-state index < -0.39 is 0 Å². The van der Waals surface area contributed by atoms with Gasteiger partial charge < -0.3 is 10.2 Å². The largest absolute Gasteiger partial charge is 0.372 e. The quantitative estimate of drug-likeness (QED) is 0.900. The van der Waals surface area contributed by atoms with Crippen LogP contribution < -0.4 is 10.2 Å². The highest BCUT2D eigenvalue weighted by atomic mass is 16.2. The Kier molecular flexibility index (Phi) is 4.02. The molecule has 1 N–H and O–H groups in total. The van der Waals surface area contributed by atoms with Crippen LogP contribution in [0.25, 0.3) is 0 Å². The lowest BCUT2D eigenvalue weighted by Crippen LogP contribution is -2.31. The molecule has 19 heavy (non-hydrogen) atoms. The lowest BCUT2D eigenvalue weighted by atomic mass is 10.3. The van der Waals surface area contributed by atoms with Gasteiger partial charge in [-0.25, -0.2) is 4.98 Å². The first-order valence-electron chi connectivity index (χ1n) is 5.98. The highest BCUT2D eigenvalue weighted by Gasteiger charge is 2.17. The van der Waals surface area contributed by atoms with E-state index in [1.165, 1.54) is 6.20 Å². The molecule has 0 spiro atoms. The average molecular weight is 257 g/mol. The van der Waals surface area contributed by atoms with Gasteiger partial charge in [0.2, 0.25) is 0 Å². The number of nitrogens with one attached hydrogen (secondary N) is 1. The first-order chi connectivity index (χ1) is 9.26. The van der Waals surface area contributed by atoms with Crippen LogP contribution in [0.3, 0.4) is 0 Å². The minimum atomic E-state index is -0.182. The van der Waals surface area contributed by atoms with E-state index in [1.54, 1.807) is 42.7 Å². The van der Waals surface area contributed by atoms with E-state index in [1.807, 2.05) is 6.92 Å².